The molecule has 0 bridgehead atoms. The maximum atomic E-state index is 13.1. The molecule has 1 unspecified atom stereocenters. The lowest BCUT2D eigenvalue weighted by atomic mass is 9.89. The molecule has 4 nitrogen and oxygen atoms in total. The van der Waals surface area contributed by atoms with Gasteiger partial charge < -0.3 is 4.90 Å². The van der Waals surface area contributed by atoms with Crippen LogP contribution in [0.2, 0.25) is 0 Å². The largest absolute Gasteiger partial charge is 0.338 e. The average Bonchev–Trinajstić information content (AvgIpc) is 2.84. The van der Waals surface area contributed by atoms with Crippen molar-refractivity contribution in [2.24, 2.45) is 5.92 Å². The summed E-state index contributed by atoms with van der Waals surface area (Å²) in [6.45, 7) is 2.44. The van der Waals surface area contributed by atoms with Crippen LogP contribution in [-0.2, 0) is 0 Å². The number of amides is 1. The minimum atomic E-state index is -0.232. The lowest BCUT2D eigenvalue weighted by Gasteiger charge is -2.32. The molecular weight excluding hydrogens is 386 g/mol. The quantitative estimate of drug-likeness (QED) is 0.536. The first-order valence-electron chi connectivity index (χ1n) is 10.6. The van der Waals surface area contributed by atoms with Gasteiger partial charge in [-0.2, -0.15) is 0 Å². The van der Waals surface area contributed by atoms with Crippen LogP contribution in [0.5, 0.6) is 0 Å². The Bertz CT molecular complexity index is 1100. The topological polar surface area (TPSA) is 54.5 Å². The fraction of sp³-hybridized carbons (Fsp3) is 0.222. The number of hydrogen-bond acceptors (Lipinski definition) is 3. The van der Waals surface area contributed by atoms with Crippen molar-refractivity contribution in [2.75, 3.05) is 13.1 Å². The van der Waals surface area contributed by atoms with Crippen molar-refractivity contribution < 1.29 is 14.4 Å². The summed E-state index contributed by atoms with van der Waals surface area (Å²) in [7, 11) is 0. The van der Waals surface area contributed by atoms with Gasteiger partial charge in [-0.3, -0.25) is 14.4 Å². The van der Waals surface area contributed by atoms with Gasteiger partial charge in [-0.05, 0) is 37.0 Å². The van der Waals surface area contributed by atoms with Gasteiger partial charge in [0.1, 0.15) is 0 Å². The second-order valence-corrected chi connectivity index (χ2v) is 8.00. The summed E-state index contributed by atoms with van der Waals surface area (Å²) in [6, 6.07) is 24.6. The Balaban J connectivity index is 1.49. The third-order valence-electron chi connectivity index (χ3n) is 5.89. The van der Waals surface area contributed by atoms with Gasteiger partial charge >= 0.3 is 0 Å². The highest BCUT2D eigenvalue weighted by Crippen LogP contribution is 2.25. The fourth-order valence-corrected chi connectivity index (χ4v) is 4.22. The molecule has 3 aromatic carbocycles. The molecule has 4 heteroatoms. The van der Waals surface area contributed by atoms with E-state index in [-0.39, 0.29) is 23.4 Å². The first-order chi connectivity index (χ1) is 15.0. The Hall–Kier alpha value is -3.53. The molecule has 1 aliphatic heterocycles. The van der Waals surface area contributed by atoms with E-state index in [0.717, 1.165) is 24.0 Å². The first kappa shape index (κ1) is 20.7. The van der Waals surface area contributed by atoms with Gasteiger partial charge in [0.15, 0.2) is 11.6 Å². The van der Waals surface area contributed by atoms with E-state index in [1.165, 1.54) is 6.92 Å². The van der Waals surface area contributed by atoms with Crippen LogP contribution in [0.3, 0.4) is 0 Å². The number of Topliss-reactive ketones (excluding diaryl/α,β-unsaturated/α-hetero) is 2. The minimum Gasteiger partial charge on any atom is -0.338 e. The highest BCUT2D eigenvalue weighted by Gasteiger charge is 2.30. The van der Waals surface area contributed by atoms with Crippen LogP contribution in [0, 0.1) is 5.92 Å². The van der Waals surface area contributed by atoms with Gasteiger partial charge in [0, 0.05) is 30.1 Å². The van der Waals surface area contributed by atoms with Crippen LogP contribution in [-0.4, -0.2) is 35.5 Å². The maximum Gasteiger partial charge on any atom is 0.254 e. The molecule has 0 aromatic heterocycles. The number of piperidine rings is 1. The molecule has 31 heavy (non-hydrogen) atoms. The van der Waals surface area contributed by atoms with E-state index in [1.807, 2.05) is 54.6 Å². The third-order valence-corrected chi connectivity index (χ3v) is 5.89. The van der Waals surface area contributed by atoms with Crippen molar-refractivity contribution in [2.45, 2.75) is 19.8 Å². The Morgan fingerprint density at radius 1 is 0.774 bits per heavy atom. The van der Waals surface area contributed by atoms with Crippen molar-refractivity contribution in [3.05, 3.63) is 95.6 Å². The highest BCUT2D eigenvalue weighted by molar-refractivity contribution is 6.07. The molecule has 3 aromatic rings. The van der Waals surface area contributed by atoms with E-state index in [0.29, 0.717) is 29.8 Å². The molecule has 1 atom stereocenters. The second-order valence-electron chi connectivity index (χ2n) is 8.00. The number of ketones is 2. The molecule has 4 rings (SSSR count). The third kappa shape index (κ3) is 4.48. The Morgan fingerprint density at radius 3 is 2.06 bits per heavy atom. The molecule has 156 valence electrons. The summed E-state index contributed by atoms with van der Waals surface area (Å²) in [4.78, 5) is 39.9. The van der Waals surface area contributed by atoms with Crippen molar-refractivity contribution in [3.63, 3.8) is 0 Å². The molecule has 1 saturated heterocycles. The summed E-state index contributed by atoms with van der Waals surface area (Å²) < 4.78 is 0. The molecule has 1 heterocycles. The van der Waals surface area contributed by atoms with Crippen LogP contribution >= 0.6 is 0 Å². The SMILES string of the molecule is CC(=O)c1ccccc1C(=O)N1CCCC(C(=O)c2ccc(-c3ccccc3)cc2)C1. The van der Waals surface area contributed by atoms with Crippen molar-refractivity contribution >= 4 is 17.5 Å². The predicted octanol–water partition coefficient (Wildman–Crippen LogP) is 5.29. The lowest BCUT2D eigenvalue weighted by Crippen LogP contribution is -2.42. The zero-order valence-electron chi connectivity index (χ0n) is 17.6. The number of likely N-dealkylation sites (tertiary alicyclic amines) is 1. The summed E-state index contributed by atoms with van der Waals surface area (Å²) in [6.07, 6.45) is 1.53. The van der Waals surface area contributed by atoms with Crippen LogP contribution in [0.1, 0.15) is 50.8 Å². The first-order valence-corrected chi connectivity index (χ1v) is 10.6. The minimum absolute atomic E-state index is 0.0666. The standard InChI is InChI=1S/C27H25NO3/c1-19(29)24-11-5-6-12-25(24)27(31)28-17-7-10-23(18-28)26(30)22-15-13-21(14-16-22)20-8-3-2-4-9-20/h2-6,8-9,11-16,23H,7,10,17-18H2,1H3. The fourth-order valence-electron chi connectivity index (χ4n) is 4.22. The molecule has 1 aliphatic rings. The molecule has 0 N–H and O–H groups in total. The lowest BCUT2D eigenvalue weighted by molar-refractivity contribution is 0.0633. The molecule has 1 fully saturated rings. The van der Waals surface area contributed by atoms with Crippen LogP contribution in [0.15, 0.2) is 78.9 Å². The van der Waals surface area contributed by atoms with E-state index in [4.69, 9.17) is 0 Å². The number of benzene rings is 3. The van der Waals surface area contributed by atoms with E-state index in [9.17, 15) is 14.4 Å². The Morgan fingerprint density at radius 2 is 1.39 bits per heavy atom. The zero-order valence-corrected chi connectivity index (χ0v) is 17.6. The molecule has 0 spiro atoms. The van der Waals surface area contributed by atoms with Gasteiger partial charge in [-0.1, -0.05) is 72.8 Å². The monoisotopic (exact) mass is 411 g/mol. The molecule has 0 saturated carbocycles. The smallest absolute Gasteiger partial charge is 0.254 e. The van der Waals surface area contributed by atoms with Gasteiger partial charge in [-0.25, -0.2) is 0 Å². The highest BCUT2D eigenvalue weighted by atomic mass is 16.2. The van der Waals surface area contributed by atoms with Crippen molar-refractivity contribution in [1.29, 1.82) is 0 Å². The van der Waals surface area contributed by atoms with Gasteiger partial charge in [-0.15, -0.1) is 0 Å². The molecular formula is C27H25NO3. The Labute approximate surface area is 182 Å². The van der Waals surface area contributed by atoms with Gasteiger partial charge in [0.25, 0.3) is 5.91 Å². The van der Waals surface area contributed by atoms with E-state index in [2.05, 4.69) is 0 Å². The normalized spacial score (nSPS) is 16.0. The van der Waals surface area contributed by atoms with Crippen molar-refractivity contribution in [3.8, 4) is 11.1 Å². The van der Waals surface area contributed by atoms with E-state index < -0.39 is 0 Å². The summed E-state index contributed by atoms with van der Waals surface area (Å²) in [5.41, 5.74) is 3.69. The van der Waals surface area contributed by atoms with Crippen LogP contribution in [0.25, 0.3) is 11.1 Å². The van der Waals surface area contributed by atoms with E-state index in [1.54, 1.807) is 29.2 Å². The van der Waals surface area contributed by atoms with E-state index >= 15 is 0 Å². The predicted molar refractivity (Wildman–Crippen MR) is 121 cm³/mol. The average molecular weight is 412 g/mol. The maximum absolute atomic E-state index is 13.1. The summed E-state index contributed by atoms with van der Waals surface area (Å²) in [5, 5.41) is 0. The summed E-state index contributed by atoms with van der Waals surface area (Å²) >= 11 is 0. The van der Waals surface area contributed by atoms with Crippen molar-refractivity contribution in [1.82, 2.24) is 4.90 Å². The number of rotatable bonds is 5. The number of carbonyl (C=O) groups is 3. The zero-order chi connectivity index (χ0) is 21.8. The number of carbonyl (C=O) groups excluding carboxylic acids is 3. The van der Waals surface area contributed by atoms with Crippen LogP contribution < -0.4 is 0 Å². The van der Waals surface area contributed by atoms with Crippen LogP contribution in [0.4, 0.5) is 0 Å². The van der Waals surface area contributed by atoms with Gasteiger partial charge in [0.05, 0.1) is 5.56 Å². The number of hydrogen-bond donors (Lipinski definition) is 0. The molecule has 0 radical (unpaired) electrons. The molecule has 0 aliphatic carbocycles. The second kappa shape index (κ2) is 9.09. The Kier molecular flexibility index (Phi) is 6.08. The molecule has 1 amide bonds. The number of nitrogens with zero attached hydrogens (tertiary/aromatic N) is 1. The summed E-state index contributed by atoms with van der Waals surface area (Å²) in [5.74, 6) is -0.475. The van der Waals surface area contributed by atoms with Gasteiger partial charge in [0.2, 0.25) is 0 Å².